The van der Waals surface area contributed by atoms with Crippen LogP contribution < -0.4 is 9.47 Å². The number of carboxylic acid groups (broad SMARTS) is 1. The molecule has 0 aliphatic carbocycles. The topological polar surface area (TPSA) is 55.8 Å². The summed E-state index contributed by atoms with van der Waals surface area (Å²) in [5, 5.41) is 8.41. The number of hydrogen-bond acceptors (Lipinski definition) is 3. The Morgan fingerprint density at radius 3 is 3.14 bits per heavy atom. The van der Waals surface area contributed by atoms with Crippen LogP contribution in [0.2, 0.25) is 0 Å². The summed E-state index contributed by atoms with van der Waals surface area (Å²) >= 11 is 0. The molecule has 0 radical (unpaired) electrons. The summed E-state index contributed by atoms with van der Waals surface area (Å²) in [7, 11) is 0. The molecule has 0 fully saturated rings. The maximum absolute atomic E-state index is 10.3. The smallest absolute Gasteiger partial charge is 0.493 e. The van der Waals surface area contributed by atoms with E-state index in [1.54, 1.807) is 12.1 Å². The number of rotatable bonds is 1. The van der Waals surface area contributed by atoms with Gasteiger partial charge in [0.25, 0.3) is 0 Å². The third kappa shape index (κ3) is 1.79. The molecule has 1 heterocycles. The fourth-order valence-corrected chi connectivity index (χ4v) is 1.48. The molecule has 0 saturated carbocycles. The van der Waals surface area contributed by atoms with Crippen LogP contribution in [0.25, 0.3) is 0 Å². The zero-order valence-electron chi connectivity index (χ0n) is 7.53. The van der Waals surface area contributed by atoms with Gasteiger partial charge in [-0.3, -0.25) is 0 Å². The van der Waals surface area contributed by atoms with Gasteiger partial charge in [0.15, 0.2) is 0 Å². The monoisotopic (exact) mass is 194 g/mol. The first-order valence-electron chi connectivity index (χ1n) is 4.42. The lowest BCUT2D eigenvalue weighted by molar-refractivity contribution is 0.144. The van der Waals surface area contributed by atoms with E-state index < -0.39 is 6.16 Å². The Labute approximate surface area is 81.1 Å². The van der Waals surface area contributed by atoms with Crippen LogP contribution in [0.15, 0.2) is 18.2 Å². The summed E-state index contributed by atoms with van der Waals surface area (Å²) in [4.78, 5) is 10.3. The first-order valence-corrected chi connectivity index (χ1v) is 4.42. The molecular formula is C10H10O4. The van der Waals surface area contributed by atoms with Gasteiger partial charge in [-0.2, -0.15) is 0 Å². The fourth-order valence-electron chi connectivity index (χ4n) is 1.48. The van der Waals surface area contributed by atoms with Gasteiger partial charge in [0.05, 0.1) is 6.61 Å². The molecule has 74 valence electrons. The van der Waals surface area contributed by atoms with E-state index in [0.717, 1.165) is 24.2 Å². The van der Waals surface area contributed by atoms with Crippen molar-refractivity contribution >= 4 is 6.16 Å². The molecular weight excluding hydrogens is 184 g/mol. The lowest BCUT2D eigenvalue weighted by Crippen LogP contribution is -2.09. The molecule has 1 aromatic rings. The Kier molecular flexibility index (Phi) is 2.26. The van der Waals surface area contributed by atoms with Crippen molar-refractivity contribution in [3.05, 3.63) is 23.8 Å². The zero-order valence-corrected chi connectivity index (χ0v) is 7.53. The predicted molar refractivity (Wildman–Crippen MR) is 48.9 cm³/mol. The van der Waals surface area contributed by atoms with Crippen molar-refractivity contribution in [3.63, 3.8) is 0 Å². The van der Waals surface area contributed by atoms with E-state index >= 15 is 0 Å². The molecule has 14 heavy (non-hydrogen) atoms. The minimum absolute atomic E-state index is 0.304. The van der Waals surface area contributed by atoms with E-state index in [1.807, 2.05) is 6.07 Å². The van der Waals surface area contributed by atoms with Gasteiger partial charge in [0.1, 0.15) is 11.5 Å². The number of benzene rings is 1. The van der Waals surface area contributed by atoms with Gasteiger partial charge in [0.2, 0.25) is 0 Å². The van der Waals surface area contributed by atoms with Crippen LogP contribution in [0.5, 0.6) is 11.5 Å². The number of fused-ring (bicyclic) bond motifs is 1. The summed E-state index contributed by atoms with van der Waals surface area (Å²) in [6.45, 7) is 0.684. The zero-order chi connectivity index (χ0) is 9.97. The van der Waals surface area contributed by atoms with E-state index in [2.05, 4.69) is 4.74 Å². The highest BCUT2D eigenvalue weighted by Crippen LogP contribution is 2.28. The Morgan fingerprint density at radius 1 is 1.50 bits per heavy atom. The van der Waals surface area contributed by atoms with Crippen LogP contribution in [0.3, 0.4) is 0 Å². The molecule has 0 bridgehead atoms. The normalized spacial score (nSPS) is 14.0. The molecule has 1 aromatic carbocycles. The van der Waals surface area contributed by atoms with Crippen LogP contribution in [0.1, 0.15) is 12.0 Å². The van der Waals surface area contributed by atoms with Crippen LogP contribution >= 0.6 is 0 Å². The van der Waals surface area contributed by atoms with Crippen LogP contribution in [-0.2, 0) is 6.42 Å². The molecule has 0 unspecified atom stereocenters. The highest BCUT2D eigenvalue weighted by Gasteiger charge is 2.11. The van der Waals surface area contributed by atoms with Gasteiger partial charge >= 0.3 is 6.16 Å². The second kappa shape index (κ2) is 3.57. The summed E-state index contributed by atoms with van der Waals surface area (Å²) in [5.41, 5.74) is 1.11. The van der Waals surface area contributed by atoms with Gasteiger partial charge < -0.3 is 14.6 Å². The Bertz CT molecular complexity index is 359. The second-order valence-corrected chi connectivity index (χ2v) is 3.09. The molecule has 4 heteroatoms. The average Bonchev–Trinajstić information content (AvgIpc) is 2.17. The molecule has 1 N–H and O–H groups in total. The second-order valence-electron chi connectivity index (χ2n) is 3.09. The van der Waals surface area contributed by atoms with Crippen LogP contribution in [0, 0.1) is 0 Å². The van der Waals surface area contributed by atoms with Crippen molar-refractivity contribution in [2.24, 2.45) is 0 Å². The van der Waals surface area contributed by atoms with E-state index in [9.17, 15) is 4.79 Å². The average molecular weight is 194 g/mol. The van der Waals surface area contributed by atoms with E-state index in [-0.39, 0.29) is 0 Å². The van der Waals surface area contributed by atoms with Gasteiger partial charge in [0, 0.05) is 6.07 Å². The SMILES string of the molecule is O=C(O)Oc1ccc2c(c1)OCCC2. The van der Waals surface area contributed by atoms with Crippen molar-refractivity contribution < 1.29 is 19.4 Å². The molecule has 4 nitrogen and oxygen atoms in total. The molecule has 1 aliphatic heterocycles. The van der Waals surface area contributed by atoms with Crippen molar-refractivity contribution in [1.82, 2.24) is 0 Å². The van der Waals surface area contributed by atoms with E-state index in [0.29, 0.717) is 12.4 Å². The molecule has 0 atom stereocenters. The highest BCUT2D eigenvalue weighted by molar-refractivity contribution is 5.61. The molecule has 0 aromatic heterocycles. The first-order chi connectivity index (χ1) is 6.75. The third-order valence-corrected chi connectivity index (χ3v) is 2.09. The molecule has 2 rings (SSSR count). The standard InChI is InChI=1S/C10H10O4/c11-10(12)14-8-4-3-7-2-1-5-13-9(7)6-8/h3-4,6H,1-2,5H2,(H,11,12). The molecule has 0 amide bonds. The van der Waals surface area contributed by atoms with Gasteiger partial charge in [-0.15, -0.1) is 0 Å². The van der Waals surface area contributed by atoms with Gasteiger partial charge in [-0.1, -0.05) is 6.07 Å². The largest absolute Gasteiger partial charge is 0.511 e. The summed E-state index contributed by atoms with van der Waals surface area (Å²) < 4.78 is 9.89. The lowest BCUT2D eigenvalue weighted by Gasteiger charge is -2.17. The van der Waals surface area contributed by atoms with Gasteiger partial charge in [-0.05, 0) is 24.5 Å². The van der Waals surface area contributed by atoms with Crippen molar-refractivity contribution in [3.8, 4) is 11.5 Å². The highest BCUT2D eigenvalue weighted by atomic mass is 16.7. The summed E-state index contributed by atoms with van der Waals surface area (Å²) in [6, 6.07) is 5.09. The minimum atomic E-state index is -1.30. The molecule has 0 saturated heterocycles. The minimum Gasteiger partial charge on any atom is -0.493 e. The molecule has 1 aliphatic rings. The Hall–Kier alpha value is -1.71. The third-order valence-electron chi connectivity index (χ3n) is 2.09. The van der Waals surface area contributed by atoms with Gasteiger partial charge in [-0.25, -0.2) is 4.79 Å². The quantitative estimate of drug-likeness (QED) is 0.549. The maximum atomic E-state index is 10.3. The number of carbonyl (C=O) groups is 1. The van der Waals surface area contributed by atoms with Crippen LogP contribution in [0.4, 0.5) is 4.79 Å². The molecule has 0 spiro atoms. The van der Waals surface area contributed by atoms with Crippen molar-refractivity contribution in [2.75, 3.05) is 6.61 Å². The van der Waals surface area contributed by atoms with E-state index in [1.165, 1.54) is 0 Å². The lowest BCUT2D eigenvalue weighted by atomic mass is 10.1. The number of ether oxygens (including phenoxy) is 2. The van der Waals surface area contributed by atoms with Crippen molar-refractivity contribution in [2.45, 2.75) is 12.8 Å². The predicted octanol–water partition coefficient (Wildman–Crippen LogP) is 2.07. The summed E-state index contributed by atoms with van der Waals surface area (Å²) in [6.07, 6.45) is 0.676. The van der Waals surface area contributed by atoms with E-state index in [4.69, 9.17) is 9.84 Å². The number of aryl methyl sites for hydroxylation is 1. The first kappa shape index (κ1) is 8.87. The fraction of sp³-hybridized carbons (Fsp3) is 0.300. The number of hydrogen-bond donors (Lipinski definition) is 1. The summed E-state index contributed by atoms with van der Waals surface area (Å²) in [5.74, 6) is 1.04. The van der Waals surface area contributed by atoms with Crippen LogP contribution in [-0.4, -0.2) is 17.9 Å². The Balaban J connectivity index is 2.24. The van der Waals surface area contributed by atoms with Crippen molar-refractivity contribution in [1.29, 1.82) is 0 Å². The maximum Gasteiger partial charge on any atom is 0.511 e. The Morgan fingerprint density at radius 2 is 2.36 bits per heavy atom.